The molecule has 0 bridgehead atoms. The van der Waals surface area contributed by atoms with Crippen molar-refractivity contribution in [2.75, 3.05) is 0 Å². The van der Waals surface area contributed by atoms with Crippen molar-refractivity contribution >= 4 is 54.4 Å². The number of rotatable bonds is 1. The Morgan fingerprint density at radius 1 is 0.469 bits per heavy atom. The second kappa shape index (κ2) is 6.56. The largest absolute Gasteiger partial charge is 0.254 e. The molecule has 3 heteroatoms. The molecule has 0 amide bonds. The average molecular weight is 407 g/mol. The molecule has 0 fully saturated rings. The van der Waals surface area contributed by atoms with Gasteiger partial charge in [0.25, 0.3) is 0 Å². The maximum absolute atomic E-state index is 5.18. The van der Waals surface area contributed by atoms with E-state index in [1.807, 2.05) is 24.4 Å². The highest BCUT2D eigenvalue weighted by atomic mass is 14.8. The molecule has 0 atom stereocenters. The van der Waals surface area contributed by atoms with Crippen molar-refractivity contribution in [2.24, 2.45) is 0 Å². The Hall–Kier alpha value is -4.37. The first-order chi connectivity index (χ1) is 15.8. The van der Waals surface area contributed by atoms with Crippen LogP contribution in [0.15, 0.2) is 103 Å². The SMILES string of the molecule is c1ccc2cc(-c3nc4ccccc4c4nc5c(ccc6cccnc65)cc34)ccc2c1. The first kappa shape index (κ1) is 17.3. The maximum atomic E-state index is 5.18. The summed E-state index contributed by atoms with van der Waals surface area (Å²) in [5.74, 6) is 0. The Morgan fingerprint density at radius 3 is 2.22 bits per heavy atom. The van der Waals surface area contributed by atoms with Crippen molar-refractivity contribution in [1.29, 1.82) is 0 Å². The maximum Gasteiger partial charge on any atom is 0.0972 e. The van der Waals surface area contributed by atoms with Crippen molar-refractivity contribution in [3.63, 3.8) is 0 Å². The Bertz CT molecular complexity index is 1840. The zero-order chi connectivity index (χ0) is 21.1. The smallest absolute Gasteiger partial charge is 0.0972 e. The minimum Gasteiger partial charge on any atom is -0.254 e. The molecule has 3 heterocycles. The van der Waals surface area contributed by atoms with Crippen LogP contribution in [-0.2, 0) is 0 Å². The number of pyridine rings is 3. The van der Waals surface area contributed by atoms with E-state index in [1.165, 1.54) is 10.8 Å². The van der Waals surface area contributed by atoms with E-state index in [-0.39, 0.29) is 0 Å². The van der Waals surface area contributed by atoms with E-state index in [1.54, 1.807) is 0 Å². The van der Waals surface area contributed by atoms with Crippen LogP contribution in [0.4, 0.5) is 0 Å². The van der Waals surface area contributed by atoms with Gasteiger partial charge in [-0.1, -0.05) is 72.8 Å². The summed E-state index contributed by atoms with van der Waals surface area (Å²) in [6, 6.07) is 33.7. The number of nitrogens with zero attached hydrogens (tertiary/aromatic N) is 3. The van der Waals surface area contributed by atoms with Gasteiger partial charge in [0, 0.05) is 33.3 Å². The highest BCUT2D eigenvalue weighted by Gasteiger charge is 2.14. The molecule has 7 rings (SSSR count). The second-order valence-electron chi connectivity index (χ2n) is 8.14. The minimum atomic E-state index is 0.927. The summed E-state index contributed by atoms with van der Waals surface area (Å²) in [5.41, 5.74) is 5.82. The molecule has 32 heavy (non-hydrogen) atoms. The summed E-state index contributed by atoms with van der Waals surface area (Å²) < 4.78 is 0. The van der Waals surface area contributed by atoms with Crippen LogP contribution >= 0.6 is 0 Å². The summed E-state index contributed by atoms with van der Waals surface area (Å²) >= 11 is 0. The Morgan fingerprint density at radius 2 is 1.25 bits per heavy atom. The van der Waals surface area contributed by atoms with E-state index in [4.69, 9.17) is 9.97 Å². The van der Waals surface area contributed by atoms with Crippen LogP contribution in [-0.4, -0.2) is 15.0 Å². The third-order valence-corrected chi connectivity index (χ3v) is 6.23. The number of fused-ring (bicyclic) bond motifs is 7. The molecule has 148 valence electrons. The van der Waals surface area contributed by atoms with Crippen molar-refractivity contribution in [3.05, 3.63) is 103 Å². The fraction of sp³-hybridized carbons (Fsp3) is 0. The predicted octanol–water partition coefficient (Wildman–Crippen LogP) is 7.30. The van der Waals surface area contributed by atoms with Crippen LogP contribution in [0.25, 0.3) is 65.6 Å². The van der Waals surface area contributed by atoms with E-state index in [9.17, 15) is 0 Å². The number of hydrogen-bond acceptors (Lipinski definition) is 3. The molecule has 0 aliphatic carbocycles. The van der Waals surface area contributed by atoms with Crippen molar-refractivity contribution in [1.82, 2.24) is 15.0 Å². The highest BCUT2D eigenvalue weighted by molar-refractivity contribution is 6.15. The topological polar surface area (TPSA) is 38.7 Å². The Balaban J connectivity index is 1.64. The van der Waals surface area contributed by atoms with Gasteiger partial charge < -0.3 is 0 Å². The molecule has 0 saturated heterocycles. The van der Waals surface area contributed by atoms with E-state index in [2.05, 4.69) is 83.8 Å². The molecule has 0 aliphatic rings. The first-order valence-corrected chi connectivity index (χ1v) is 10.7. The molecule has 0 saturated carbocycles. The van der Waals surface area contributed by atoms with Gasteiger partial charge in [-0.15, -0.1) is 0 Å². The van der Waals surface area contributed by atoms with E-state index < -0.39 is 0 Å². The van der Waals surface area contributed by atoms with Crippen LogP contribution in [0.3, 0.4) is 0 Å². The van der Waals surface area contributed by atoms with E-state index in [0.717, 1.165) is 54.9 Å². The van der Waals surface area contributed by atoms with Crippen LogP contribution in [0.1, 0.15) is 0 Å². The molecule has 0 aliphatic heterocycles. The zero-order valence-corrected chi connectivity index (χ0v) is 17.2. The normalized spacial score (nSPS) is 11.8. The molecule has 3 nitrogen and oxygen atoms in total. The molecule has 3 aromatic heterocycles. The number of para-hydroxylation sites is 1. The third kappa shape index (κ3) is 2.51. The lowest BCUT2D eigenvalue weighted by Crippen LogP contribution is -1.94. The molecule has 0 spiro atoms. The fourth-order valence-corrected chi connectivity index (χ4v) is 4.67. The predicted molar refractivity (Wildman–Crippen MR) is 133 cm³/mol. The van der Waals surface area contributed by atoms with Crippen molar-refractivity contribution in [2.45, 2.75) is 0 Å². The van der Waals surface area contributed by atoms with Gasteiger partial charge in [-0.2, -0.15) is 0 Å². The molecule has 7 aromatic rings. The van der Waals surface area contributed by atoms with Gasteiger partial charge >= 0.3 is 0 Å². The highest BCUT2D eigenvalue weighted by Crippen LogP contribution is 2.35. The van der Waals surface area contributed by atoms with Gasteiger partial charge in [0.2, 0.25) is 0 Å². The average Bonchev–Trinajstić information content (AvgIpc) is 2.87. The third-order valence-electron chi connectivity index (χ3n) is 6.23. The molecular formula is C29H17N3. The van der Waals surface area contributed by atoms with Crippen LogP contribution in [0, 0.1) is 0 Å². The first-order valence-electron chi connectivity index (χ1n) is 10.7. The molecule has 0 unspecified atom stereocenters. The van der Waals surface area contributed by atoms with Crippen molar-refractivity contribution in [3.8, 4) is 11.3 Å². The summed E-state index contributed by atoms with van der Waals surface area (Å²) in [6.07, 6.45) is 1.83. The van der Waals surface area contributed by atoms with Gasteiger partial charge in [-0.3, -0.25) is 4.98 Å². The van der Waals surface area contributed by atoms with Gasteiger partial charge in [0.15, 0.2) is 0 Å². The Labute approximate surface area is 184 Å². The molecule has 0 radical (unpaired) electrons. The Kier molecular flexibility index (Phi) is 3.55. The minimum absolute atomic E-state index is 0.927. The van der Waals surface area contributed by atoms with Gasteiger partial charge in [-0.05, 0) is 35.0 Å². The lowest BCUT2D eigenvalue weighted by atomic mass is 9.99. The van der Waals surface area contributed by atoms with E-state index >= 15 is 0 Å². The zero-order valence-electron chi connectivity index (χ0n) is 17.2. The lowest BCUT2D eigenvalue weighted by molar-refractivity contribution is 1.39. The van der Waals surface area contributed by atoms with Gasteiger partial charge in [0.05, 0.1) is 27.8 Å². The van der Waals surface area contributed by atoms with Gasteiger partial charge in [-0.25, -0.2) is 9.97 Å². The molecular weight excluding hydrogens is 390 g/mol. The van der Waals surface area contributed by atoms with Crippen LogP contribution < -0.4 is 0 Å². The number of benzene rings is 4. The molecule has 0 N–H and O–H groups in total. The standard InChI is InChI=1S/C29H17N3/c1-2-7-20-16-21(13-11-18(20)6-1)26-24-17-22-14-12-19-8-5-15-30-27(19)28(22)32-29(24)23-9-3-4-10-25(23)31-26/h1-17H. The molecule has 4 aromatic carbocycles. The number of aromatic nitrogens is 3. The van der Waals surface area contributed by atoms with E-state index in [0.29, 0.717) is 0 Å². The summed E-state index contributed by atoms with van der Waals surface area (Å²) in [4.78, 5) is 14.9. The lowest BCUT2D eigenvalue weighted by Gasteiger charge is -2.12. The fourth-order valence-electron chi connectivity index (χ4n) is 4.67. The second-order valence-corrected chi connectivity index (χ2v) is 8.14. The summed E-state index contributed by atoms with van der Waals surface area (Å²) in [5, 5.41) is 6.71. The monoisotopic (exact) mass is 407 g/mol. The van der Waals surface area contributed by atoms with Crippen molar-refractivity contribution < 1.29 is 0 Å². The number of hydrogen-bond donors (Lipinski definition) is 0. The summed E-state index contributed by atoms with van der Waals surface area (Å²) in [6.45, 7) is 0. The van der Waals surface area contributed by atoms with Crippen LogP contribution in [0.2, 0.25) is 0 Å². The quantitative estimate of drug-likeness (QED) is 0.212. The summed E-state index contributed by atoms with van der Waals surface area (Å²) in [7, 11) is 0. The van der Waals surface area contributed by atoms with Crippen LogP contribution in [0.5, 0.6) is 0 Å². The van der Waals surface area contributed by atoms with Gasteiger partial charge in [0.1, 0.15) is 0 Å².